The molecule has 1 aromatic heterocycles. The van der Waals surface area contributed by atoms with Gasteiger partial charge in [-0.25, -0.2) is 0 Å². The van der Waals surface area contributed by atoms with Crippen molar-refractivity contribution in [2.24, 2.45) is 5.92 Å². The number of carbonyl (C=O) groups excluding carboxylic acids is 1. The number of aryl methyl sites for hydroxylation is 1. The topological polar surface area (TPSA) is 70.5 Å². The third kappa shape index (κ3) is 4.05. The van der Waals surface area contributed by atoms with E-state index in [9.17, 15) is 9.59 Å². The molecule has 1 amide bonds. The maximum absolute atomic E-state index is 12.0. The number of rotatable bonds is 5. The van der Waals surface area contributed by atoms with Crippen LogP contribution in [0.4, 0.5) is 0 Å². The predicted molar refractivity (Wildman–Crippen MR) is 69.5 cm³/mol. The molecular formula is C14H18N2O3. The highest BCUT2D eigenvalue weighted by Gasteiger charge is 2.27. The lowest BCUT2D eigenvalue weighted by atomic mass is 10.1. The standard InChI is InChI=1S/C14H18N2O3/c17-13(2-1-11-3-6-15-7-4-11)16-8-5-12(10-16)9-14(18)19/h3-4,6-7,12H,1-2,5,8-10H2,(H,18,19). The zero-order chi connectivity index (χ0) is 13.7. The van der Waals surface area contributed by atoms with Crippen molar-refractivity contribution < 1.29 is 14.7 Å². The molecule has 1 fully saturated rings. The van der Waals surface area contributed by atoms with Crippen molar-refractivity contribution in [1.29, 1.82) is 0 Å². The highest BCUT2D eigenvalue weighted by atomic mass is 16.4. The molecule has 1 aliphatic heterocycles. The molecule has 102 valence electrons. The molecule has 1 N–H and O–H groups in total. The highest BCUT2D eigenvalue weighted by Crippen LogP contribution is 2.20. The number of pyridine rings is 1. The van der Waals surface area contributed by atoms with Crippen molar-refractivity contribution in [3.63, 3.8) is 0 Å². The summed E-state index contributed by atoms with van der Waals surface area (Å²) in [6.45, 7) is 1.27. The summed E-state index contributed by atoms with van der Waals surface area (Å²) in [5.41, 5.74) is 1.10. The zero-order valence-corrected chi connectivity index (χ0v) is 10.8. The third-order valence-electron chi connectivity index (χ3n) is 3.48. The molecule has 0 saturated carbocycles. The van der Waals surface area contributed by atoms with Crippen molar-refractivity contribution in [1.82, 2.24) is 9.88 Å². The van der Waals surface area contributed by atoms with Gasteiger partial charge in [-0.05, 0) is 36.5 Å². The number of aliphatic carboxylic acids is 1. The van der Waals surface area contributed by atoms with Gasteiger partial charge in [0.15, 0.2) is 0 Å². The molecule has 19 heavy (non-hydrogen) atoms. The van der Waals surface area contributed by atoms with Crippen LogP contribution in [0.25, 0.3) is 0 Å². The van der Waals surface area contributed by atoms with E-state index >= 15 is 0 Å². The van der Waals surface area contributed by atoms with E-state index in [0.717, 1.165) is 12.0 Å². The normalized spacial score (nSPS) is 18.5. The molecule has 0 aromatic carbocycles. The van der Waals surface area contributed by atoms with Gasteiger partial charge >= 0.3 is 5.97 Å². The van der Waals surface area contributed by atoms with Gasteiger partial charge in [-0.3, -0.25) is 14.6 Å². The predicted octanol–water partition coefficient (Wildman–Crippen LogP) is 1.34. The number of aromatic nitrogens is 1. The Kier molecular flexibility index (Phi) is 4.49. The van der Waals surface area contributed by atoms with Crippen molar-refractivity contribution in [2.75, 3.05) is 13.1 Å². The Hall–Kier alpha value is -1.91. The minimum atomic E-state index is -0.781. The van der Waals surface area contributed by atoms with Gasteiger partial charge in [-0.1, -0.05) is 0 Å². The Labute approximate surface area is 112 Å². The molecule has 2 heterocycles. The SMILES string of the molecule is O=C(O)CC1CCN(C(=O)CCc2ccncc2)C1. The van der Waals surface area contributed by atoms with Crippen LogP contribution in [0.1, 0.15) is 24.8 Å². The smallest absolute Gasteiger partial charge is 0.303 e. The van der Waals surface area contributed by atoms with Gasteiger partial charge < -0.3 is 10.0 Å². The Morgan fingerprint density at radius 3 is 2.79 bits per heavy atom. The quantitative estimate of drug-likeness (QED) is 0.869. The van der Waals surface area contributed by atoms with Crippen molar-refractivity contribution in [3.8, 4) is 0 Å². The van der Waals surface area contributed by atoms with Crippen LogP contribution in [-0.4, -0.2) is 40.0 Å². The first-order chi connectivity index (χ1) is 9.15. The molecule has 0 aliphatic carbocycles. The maximum atomic E-state index is 12.0. The summed E-state index contributed by atoms with van der Waals surface area (Å²) in [5.74, 6) is -0.553. The van der Waals surface area contributed by atoms with Gasteiger partial charge in [0.1, 0.15) is 0 Å². The lowest BCUT2D eigenvalue weighted by molar-refractivity contribution is -0.138. The Morgan fingerprint density at radius 2 is 2.11 bits per heavy atom. The van der Waals surface area contributed by atoms with Crippen molar-refractivity contribution in [3.05, 3.63) is 30.1 Å². The number of carbonyl (C=O) groups is 2. The van der Waals surface area contributed by atoms with Crippen molar-refractivity contribution in [2.45, 2.75) is 25.7 Å². The molecule has 1 aromatic rings. The van der Waals surface area contributed by atoms with E-state index in [1.54, 1.807) is 17.3 Å². The summed E-state index contributed by atoms with van der Waals surface area (Å²) >= 11 is 0. The van der Waals surface area contributed by atoms with E-state index < -0.39 is 5.97 Å². The summed E-state index contributed by atoms with van der Waals surface area (Å²) < 4.78 is 0. The number of hydrogen-bond donors (Lipinski definition) is 1. The van der Waals surface area contributed by atoms with E-state index in [1.807, 2.05) is 12.1 Å². The number of likely N-dealkylation sites (tertiary alicyclic amines) is 1. The Balaban J connectivity index is 1.77. The van der Waals surface area contributed by atoms with Crippen LogP contribution in [0.3, 0.4) is 0 Å². The second-order valence-corrected chi connectivity index (χ2v) is 4.95. The molecule has 1 unspecified atom stereocenters. The number of carboxylic acid groups (broad SMARTS) is 1. The van der Waals surface area contributed by atoms with Crippen LogP contribution in [0.15, 0.2) is 24.5 Å². The molecule has 5 nitrogen and oxygen atoms in total. The van der Waals surface area contributed by atoms with Crippen LogP contribution in [0, 0.1) is 5.92 Å². The van der Waals surface area contributed by atoms with E-state index in [2.05, 4.69) is 4.98 Å². The third-order valence-corrected chi connectivity index (χ3v) is 3.48. The lowest BCUT2D eigenvalue weighted by Gasteiger charge is -2.16. The maximum Gasteiger partial charge on any atom is 0.303 e. The molecular weight excluding hydrogens is 244 g/mol. The molecule has 0 bridgehead atoms. The minimum absolute atomic E-state index is 0.113. The average molecular weight is 262 g/mol. The van der Waals surface area contributed by atoms with Crippen LogP contribution in [0.5, 0.6) is 0 Å². The molecule has 1 saturated heterocycles. The van der Waals surface area contributed by atoms with Gasteiger partial charge in [0.2, 0.25) is 5.91 Å². The molecule has 1 aliphatic rings. The van der Waals surface area contributed by atoms with Crippen LogP contribution < -0.4 is 0 Å². The summed E-state index contributed by atoms with van der Waals surface area (Å²) in [7, 11) is 0. The fraction of sp³-hybridized carbons (Fsp3) is 0.500. The number of nitrogens with zero attached hydrogens (tertiary/aromatic N) is 2. The monoisotopic (exact) mass is 262 g/mol. The van der Waals surface area contributed by atoms with Gasteiger partial charge in [0.05, 0.1) is 0 Å². The second kappa shape index (κ2) is 6.31. The number of carboxylic acids is 1. The van der Waals surface area contributed by atoms with E-state index in [4.69, 9.17) is 5.11 Å². The lowest BCUT2D eigenvalue weighted by Crippen LogP contribution is -2.29. The summed E-state index contributed by atoms with van der Waals surface area (Å²) in [6.07, 6.45) is 5.59. The van der Waals surface area contributed by atoms with Gasteiger partial charge in [0, 0.05) is 38.3 Å². The second-order valence-electron chi connectivity index (χ2n) is 4.95. The molecule has 0 spiro atoms. The van der Waals surface area contributed by atoms with Gasteiger partial charge in [0.25, 0.3) is 0 Å². The Morgan fingerprint density at radius 1 is 1.37 bits per heavy atom. The van der Waals surface area contributed by atoms with E-state index in [-0.39, 0.29) is 18.2 Å². The zero-order valence-electron chi connectivity index (χ0n) is 10.8. The molecule has 0 radical (unpaired) electrons. The average Bonchev–Trinajstić information content (AvgIpc) is 2.85. The van der Waals surface area contributed by atoms with Crippen LogP contribution >= 0.6 is 0 Å². The fourth-order valence-electron chi connectivity index (χ4n) is 2.43. The number of hydrogen-bond acceptors (Lipinski definition) is 3. The molecule has 5 heteroatoms. The summed E-state index contributed by atoms with van der Waals surface area (Å²) in [4.78, 5) is 28.4. The minimum Gasteiger partial charge on any atom is -0.481 e. The Bertz CT molecular complexity index is 447. The first-order valence-electron chi connectivity index (χ1n) is 6.53. The van der Waals surface area contributed by atoms with E-state index in [1.165, 1.54) is 0 Å². The first kappa shape index (κ1) is 13.5. The summed E-state index contributed by atoms with van der Waals surface area (Å²) in [6, 6.07) is 3.81. The molecule has 2 rings (SSSR count). The van der Waals surface area contributed by atoms with Crippen LogP contribution in [0.2, 0.25) is 0 Å². The first-order valence-corrected chi connectivity index (χ1v) is 6.53. The fourth-order valence-corrected chi connectivity index (χ4v) is 2.43. The molecule has 1 atom stereocenters. The van der Waals surface area contributed by atoms with E-state index in [0.29, 0.717) is 25.9 Å². The highest BCUT2D eigenvalue weighted by molar-refractivity contribution is 5.77. The van der Waals surface area contributed by atoms with Gasteiger partial charge in [-0.2, -0.15) is 0 Å². The summed E-state index contributed by atoms with van der Waals surface area (Å²) in [5, 5.41) is 8.74. The van der Waals surface area contributed by atoms with Gasteiger partial charge in [-0.15, -0.1) is 0 Å². The van der Waals surface area contributed by atoms with Crippen molar-refractivity contribution >= 4 is 11.9 Å². The number of amides is 1. The van der Waals surface area contributed by atoms with Crippen LogP contribution in [-0.2, 0) is 16.0 Å². The largest absolute Gasteiger partial charge is 0.481 e.